The molecule has 2 rings (SSSR count). The van der Waals surface area contributed by atoms with Crippen LogP contribution in [-0.4, -0.2) is 67.2 Å². The molecular formula is C27H37NO7. The monoisotopic (exact) mass is 487 g/mol. The van der Waals surface area contributed by atoms with Crippen LogP contribution in [0.3, 0.4) is 0 Å². The molecule has 1 atom stereocenters. The number of ether oxygens (including phenoxy) is 4. The van der Waals surface area contributed by atoms with Crippen molar-refractivity contribution in [3.05, 3.63) is 65.7 Å². The second-order valence-corrected chi connectivity index (χ2v) is 8.29. The van der Waals surface area contributed by atoms with Gasteiger partial charge in [-0.15, -0.1) is 0 Å². The average Bonchev–Trinajstić information content (AvgIpc) is 2.83. The summed E-state index contributed by atoms with van der Waals surface area (Å²) in [4.78, 5) is 25.4. The van der Waals surface area contributed by atoms with Crippen LogP contribution in [0.4, 0.5) is 4.79 Å². The van der Waals surface area contributed by atoms with Gasteiger partial charge in [0.25, 0.3) is 0 Å². The highest BCUT2D eigenvalue weighted by atomic mass is 16.6. The summed E-state index contributed by atoms with van der Waals surface area (Å²) in [6, 6.07) is 17.2. The molecule has 0 aliphatic heterocycles. The van der Waals surface area contributed by atoms with Crippen molar-refractivity contribution in [3.8, 4) is 5.75 Å². The third kappa shape index (κ3) is 11.2. The first-order valence-electron chi connectivity index (χ1n) is 12.0. The van der Waals surface area contributed by atoms with Crippen LogP contribution >= 0.6 is 0 Å². The van der Waals surface area contributed by atoms with E-state index in [-0.39, 0.29) is 18.6 Å². The van der Waals surface area contributed by atoms with Crippen LogP contribution in [0.5, 0.6) is 5.75 Å². The molecule has 0 saturated heterocycles. The first-order valence-corrected chi connectivity index (χ1v) is 12.0. The van der Waals surface area contributed by atoms with Crippen LogP contribution in [0.2, 0.25) is 0 Å². The Hall–Kier alpha value is -3.10. The van der Waals surface area contributed by atoms with Gasteiger partial charge in [0.1, 0.15) is 12.4 Å². The molecule has 8 heteroatoms. The first kappa shape index (κ1) is 28.1. The lowest BCUT2D eigenvalue weighted by Gasteiger charge is -2.23. The number of carboxylic acids is 1. The molecule has 0 spiro atoms. The van der Waals surface area contributed by atoms with Gasteiger partial charge < -0.3 is 29.0 Å². The number of hydrogen-bond acceptors (Lipinski definition) is 6. The number of hydrogen-bond donors (Lipinski definition) is 1. The van der Waals surface area contributed by atoms with E-state index in [1.165, 1.54) is 0 Å². The van der Waals surface area contributed by atoms with Crippen molar-refractivity contribution in [3.63, 3.8) is 0 Å². The summed E-state index contributed by atoms with van der Waals surface area (Å²) in [7, 11) is 0. The molecule has 0 aliphatic rings. The first-order chi connectivity index (χ1) is 16.9. The molecule has 1 unspecified atom stereocenters. The van der Waals surface area contributed by atoms with E-state index in [2.05, 4.69) is 0 Å². The number of carbonyl (C=O) groups is 2. The highest BCUT2D eigenvalue weighted by Crippen LogP contribution is 2.15. The zero-order chi connectivity index (χ0) is 25.5. The molecule has 0 aromatic heterocycles. The van der Waals surface area contributed by atoms with E-state index in [0.29, 0.717) is 51.7 Å². The Kier molecular flexibility index (Phi) is 12.7. The molecule has 0 heterocycles. The van der Waals surface area contributed by atoms with E-state index in [0.717, 1.165) is 11.1 Å². The molecule has 0 fully saturated rings. The van der Waals surface area contributed by atoms with Gasteiger partial charge in [-0.2, -0.15) is 0 Å². The fraction of sp³-hybridized carbons (Fsp3) is 0.481. The van der Waals surface area contributed by atoms with Gasteiger partial charge in [0, 0.05) is 26.2 Å². The molecule has 0 radical (unpaired) electrons. The summed E-state index contributed by atoms with van der Waals surface area (Å²) >= 11 is 0. The molecule has 192 valence electrons. The van der Waals surface area contributed by atoms with Gasteiger partial charge in [0.2, 0.25) is 0 Å². The fourth-order valence-corrected chi connectivity index (χ4v) is 3.32. The second-order valence-electron chi connectivity index (χ2n) is 8.29. The minimum atomic E-state index is -0.981. The molecule has 2 aromatic carbocycles. The van der Waals surface area contributed by atoms with Gasteiger partial charge >= 0.3 is 12.1 Å². The zero-order valence-corrected chi connectivity index (χ0v) is 20.9. The summed E-state index contributed by atoms with van der Waals surface area (Å²) in [6.07, 6.45) is -0.495. The van der Waals surface area contributed by atoms with Crippen LogP contribution in [-0.2, 0) is 32.0 Å². The topological polar surface area (TPSA) is 94.5 Å². The quantitative estimate of drug-likeness (QED) is 0.347. The molecule has 35 heavy (non-hydrogen) atoms. The van der Waals surface area contributed by atoms with Gasteiger partial charge in [-0.1, -0.05) is 42.5 Å². The van der Waals surface area contributed by atoms with E-state index >= 15 is 0 Å². The third-order valence-corrected chi connectivity index (χ3v) is 5.04. The van der Waals surface area contributed by atoms with Gasteiger partial charge in [0.15, 0.2) is 6.10 Å². The lowest BCUT2D eigenvalue weighted by atomic mass is 10.1. The predicted octanol–water partition coefficient (Wildman–Crippen LogP) is 4.55. The molecular weight excluding hydrogens is 450 g/mol. The molecule has 0 bridgehead atoms. The van der Waals surface area contributed by atoms with Crippen LogP contribution in [0.25, 0.3) is 0 Å². The lowest BCUT2D eigenvalue weighted by molar-refractivity contribution is -0.149. The van der Waals surface area contributed by atoms with Gasteiger partial charge in [-0.3, -0.25) is 0 Å². The Balaban J connectivity index is 1.79. The summed E-state index contributed by atoms with van der Waals surface area (Å²) < 4.78 is 22.1. The maximum absolute atomic E-state index is 12.5. The lowest BCUT2D eigenvalue weighted by Crippen LogP contribution is -2.37. The number of carboxylic acid groups (broad SMARTS) is 1. The van der Waals surface area contributed by atoms with Crippen molar-refractivity contribution < 1.29 is 33.6 Å². The van der Waals surface area contributed by atoms with Gasteiger partial charge in [-0.25, -0.2) is 9.59 Å². The van der Waals surface area contributed by atoms with E-state index in [4.69, 9.17) is 18.9 Å². The predicted molar refractivity (Wildman–Crippen MR) is 133 cm³/mol. The smallest absolute Gasteiger partial charge is 0.410 e. The molecule has 0 saturated carbocycles. The number of benzene rings is 2. The standard InChI is InChI=1S/C27H37NO7/c1-4-33-25(26(29)30)19-22-11-13-24(14-12-22)34-18-16-28(27(31)35-21(2)3)15-8-17-32-20-23-9-6-5-7-10-23/h5-7,9-14,21,25H,4,8,15-20H2,1-3H3,(H,29,30). The molecule has 1 amide bonds. The Labute approximate surface area is 207 Å². The van der Waals surface area contributed by atoms with E-state index in [1.807, 2.05) is 56.3 Å². The van der Waals surface area contributed by atoms with Crippen LogP contribution in [0.1, 0.15) is 38.3 Å². The summed E-state index contributed by atoms with van der Waals surface area (Å²) in [6.45, 7) is 7.98. The second kappa shape index (κ2) is 15.7. The number of aliphatic carboxylic acids is 1. The van der Waals surface area contributed by atoms with Crippen molar-refractivity contribution in [2.45, 2.75) is 52.4 Å². The van der Waals surface area contributed by atoms with Crippen LogP contribution < -0.4 is 4.74 Å². The van der Waals surface area contributed by atoms with Crippen molar-refractivity contribution >= 4 is 12.1 Å². The Morgan fingerprint density at radius 1 is 0.943 bits per heavy atom. The van der Waals surface area contributed by atoms with Crippen molar-refractivity contribution in [1.82, 2.24) is 4.90 Å². The molecule has 2 aromatic rings. The van der Waals surface area contributed by atoms with Gasteiger partial charge in [-0.05, 0) is 50.5 Å². The average molecular weight is 488 g/mol. The number of nitrogens with zero attached hydrogens (tertiary/aromatic N) is 1. The normalized spacial score (nSPS) is 11.8. The van der Waals surface area contributed by atoms with Crippen LogP contribution in [0.15, 0.2) is 54.6 Å². The Morgan fingerprint density at radius 3 is 2.29 bits per heavy atom. The highest BCUT2D eigenvalue weighted by Gasteiger charge is 2.18. The maximum Gasteiger partial charge on any atom is 0.410 e. The number of carbonyl (C=O) groups excluding carboxylic acids is 1. The van der Waals surface area contributed by atoms with Crippen LogP contribution in [0, 0.1) is 0 Å². The van der Waals surface area contributed by atoms with Crippen molar-refractivity contribution in [2.24, 2.45) is 0 Å². The molecule has 0 aliphatic carbocycles. The fourth-order valence-electron chi connectivity index (χ4n) is 3.32. The molecule has 1 N–H and O–H groups in total. The largest absolute Gasteiger partial charge is 0.492 e. The minimum absolute atomic E-state index is 0.209. The summed E-state index contributed by atoms with van der Waals surface area (Å²) in [5.74, 6) is -0.341. The van der Waals surface area contributed by atoms with E-state index in [1.54, 1.807) is 24.0 Å². The Bertz CT molecular complexity index is 871. The highest BCUT2D eigenvalue weighted by molar-refractivity contribution is 5.72. The number of amides is 1. The Morgan fingerprint density at radius 2 is 1.66 bits per heavy atom. The van der Waals surface area contributed by atoms with Crippen molar-refractivity contribution in [2.75, 3.05) is 32.9 Å². The van der Waals surface area contributed by atoms with E-state index < -0.39 is 12.1 Å². The zero-order valence-electron chi connectivity index (χ0n) is 20.9. The molecule has 8 nitrogen and oxygen atoms in total. The summed E-state index contributed by atoms with van der Waals surface area (Å²) in [5.41, 5.74) is 1.95. The minimum Gasteiger partial charge on any atom is -0.492 e. The van der Waals surface area contributed by atoms with E-state index in [9.17, 15) is 14.7 Å². The maximum atomic E-state index is 12.5. The SMILES string of the molecule is CCOC(Cc1ccc(OCCN(CCCOCc2ccccc2)C(=O)OC(C)C)cc1)C(=O)O. The summed E-state index contributed by atoms with van der Waals surface area (Å²) in [5, 5.41) is 9.23. The van der Waals surface area contributed by atoms with Crippen molar-refractivity contribution in [1.29, 1.82) is 0 Å². The third-order valence-electron chi connectivity index (χ3n) is 5.04. The van der Waals surface area contributed by atoms with Gasteiger partial charge in [0.05, 0.1) is 19.3 Å². The number of rotatable bonds is 16.